The quantitative estimate of drug-likeness (QED) is 0.777. The van der Waals surface area contributed by atoms with E-state index >= 15 is 0 Å². The first-order chi connectivity index (χ1) is 8.57. The summed E-state index contributed by atoms with van der Waals surface area (Å²) in [5, 5.41) is 4.17. The third-order valence-electron chi connectivity index (χ3n) is 2.94. The van der Waals surface area contributed by atoms with E-state index in [1.165, 1.54) is 6.20 Å². The van der Waals surface area contributed by atoms with E-state index in [4.69, 9.17) is 0 Å². The predicted octanol–water partition coefficient (Wildman–Crippen LogP) is 2.60. The number of nitrogens with zero attached hydrogens (tertiary/aromatic N) is 2. The van der Waals surface area contributed by atoms with E-state index in [1.807, 2.05) is 0 Å². The second kappa shape index (κ2) is 4.34. The number of hydrogen-bond acceptors (Lipinski definition) is 3. The summed E-state index contributed by atoms with van der Waals surface area (Å²) in [5.74, 6) is 0.457. The normalized spacial score (nSPS) is 15.8. The molecule has 4 nitrogen and oxygen atoms in total. The zero-order valence-corrected chi connectivity index (χ0v) is 12.4. The Balaban J connectivity index is 1.99. The number of halogens is 1. The summed E-state index contributed by atoms with van der Waals surface area (Å²) < 4.78 is 26.7. The molecule has 0 spiro atoms. The fraction of sp³-hybridized carbons (Fsp3) is 0.250. The molecule has 0 unspecified atom stereocenters. The lowest BCUT2D eigenvalue weighted by atomic mass is 10.3. The molecular weight excluding hydrogens is 363 g/mol. The van der Waals surface area contributed by atoms with E-state index < -0.39 is 10.0 Å². The fourth-order valence-electron chi connectivity index (χ4n) is 1.77. The minimum Gasteiger partial charge on any atom is -0.199 e. The van der Waals surface area contributed by atoms with Crippen molar-refractivity contribution in [2.45, 2.75) is 23.7 Å². The van der Waals surface area contributed by atoms with Crippen LogP contribution in [0.1, 0.15) is 24.5 Å². The number of hydrogen-bond donors (Lipinski definition) is 0. The third-order valence-corrected chi connectivity index (χ3v) is 5.22. The van der Waals surface area contributed by atoms with E-state index in [2.05, 4.69) is 27.7 Å². The van der Waals surface area contributed by atoms with Gasteiger partial charge in [0.05, 0.1) is 10.6 Å². The van der Waals surface area contributed by atoms with Gasteiger partial charge in [-0.05, 0) is 65.8 Å². The van der Waals surface area contributed by atoms with Crippen molar-refractivity contribution in [2.24, 2.45) is 0 Å². The van der Waals surface area contributed by atoms with Crippen molar-refractivity contribution in [3.05, 3.63) is 45.8 Å². The minimum absolute atomic E-state index is 0.272. The van der Waals surface area contributed by atoms with Gasteiger partial charge in [-0.3, -0.25) is 0 Å². The molecule has 1 saturated carbocycles. The van der Waals surface area contributed by atoms with Crippen LogP contribution in [0.2, 0.25) is 0 Å². The maximum Gasteiger partial charge on any atom is 0.282 e. The Morgan fingerprint density at radius 2 is 1.83 bits per heavy atom. The molecule has 94 valence electrons. The van der Waals surface area contributed by atoms with Gasteiger partial charge >= 0.3 is 0 Å². The highest BCUT2D eigenvalue weighted by Crippen LogP contribution is 2.39. The van der Waals surface area contributed by atoms with Gasteiger partial charge in [0.25, 0.3) is 10.0 Å². The Kier molecular flexibility index (Phi) is 2.93. The van der Waals surface area contributed by atoms with Crippen LogP contribution >= 0.6 is 22.6 Å². The molecule has 1 aromatic carbocycles. The van der Waals surface area contributed by atoms with Crippen molar-refractivity contribution >= 4 is 32.6 Å². The van der Waals surface area contributed by atoms with Gasteiger partial charge in [0, 0.05) is 15.7 Å². The molecule has 0 bridgehead atoms. The Labute approximate surface area is 119 Å². The smallest absolute Gasteiger partial charge is 0.199 e. The van der Waals surface area contributed by atoms with Crippen LogP contribution in [-0.2, 0) is 10.0 Å². The molecule has 18 heavy (non-hydrogen) atoms. The molecule has 6 heteroatoms. The number of rotatable bonds is 3. The highest BCUT2D eigenvalue weighted by atomic mass is 127. The summed E-state index contributed by atoms with van der Waals surface area (Å²) in [6.45, 7) is 0. The average Bonchev–Trinajstić information content (AvgIpc) is 3.07. The van der Waals surface area contributed by atoms with Gasteiger partial charge in [-0.25, -0.2) is 0 Å². The standard InChI is InChI=1S/C12H11IN2O2S/c13-10-3-5-11(6-4-10)18(16,17)15-8-7-12(14-15)9-1-2-9/h3-9H,1-2H2. The van der Waals surface area contributed by atoms with Crippen molar-refractivity contribution in [2.75, 3.05) is 0 Å². The summed E-state index contributed by atoms with van der Waals surface area (Å²) in [5.41, 5.74) is 0.879. The molecule has 1 aromatic heterocycles. The predicted molar refractivity (Wildman–Crippen MR) is 75.9 cm³/mol. The molecule has 2 aromatic rings. The molecule has 1 heterocycles. The minimum atomic E-state index is -3.54. The first kappa shape index (κ1) is 12.2. The Bertz CT molecular complexity index is 672. The van der Waals surface area contributed by atoms with E-state index in [1.54, 1.807) is 30.3 Å². The zero-order chi connectivity index (χ0) is 12.8. The lowest BCUT2D eigenvalue weighted by molar-refractivity contribution is 0.579. The summed E-state index contributed by atoms with van der Waals surface area (Å²) in [7, 11) is -3.54. The van der Waals surface area contributed by atoms with Gasteiger partial charge < -0.3 is 0 Å². The van der Waals surface area contributed by atoms with Crippen LogP contribution in [0, 0.1) is 3.57 Å². The second-order valence-electron chi connectivity index (χ2n) is 4.35. The number of benzene rings is 1. The molecule has 0 atom stereocenters. The van der Waals surface area contributed by atoms with Crippen molar-refractivity contribution in [3.63, 3.8) is 0 Å². The van der Waals surface area contributed by atoms with Crippen LogP contribution in [0.4, 0.5) is 0 Å². The Morgan fingerprint density at radius 1 is 1.17 bits per heavy atom. The van der Waals surface area contributed by atoms with E-state index in [-0.39, 0.29) is 4.90 Å². The van der Waals surface area contributed by atoms with Crippen molar-refractivity contribution in [1.82, 2.24) is 9.19 Å². The maximum atomic E-state index is 12.3. The van der Waals surface area contributed by atoms with Gasteiger partial charge in [0.2, 0.25) is 0 Å². The molecule has 0 N–H and O–H groups in total. The van der Waals surface area contributed by atoms with Crippen LogP contribution in [0.15, 0.2) is 41.4 Å². The van der Waals surface area contributed by atoms with Gasteiger partial charge in [-0.1, -0.05) is 0 Å². The van der Waals surface area contributed by atoms with Crippen LogP contribution < -0.4 is 0 Å². The van der Waals surface area contributed by atoms with Crippen molar-refractivity contribution in [3.8, 4) is 0 Å². The molecule has 0 radical (unpaired) electrons. The zero-order valence-electron chi connectivity index (χ0n) is 9.45. The third kappa shape index (κ3) is 2.18. The lowest BCUT2D eigenvalue weighted by Crippen LogP contribution is -2.13. The van der Waals surface area contributed by atoms with E-state index in [0.717, 1.165) is 26.2 Å². The second-order valence-corrected chi connectivity index (χ2v) is 7.39. The van der Waals surface area contributed by atoms with E-state index in [0.29, 0.717) is 5.92 Å². The lowest BCUT2D eigenvalue weighted by Gasteiger charge is -2.04. The molecule has 1 aliphatic rings. The van der Waals surface area contributed by atoms with Gasteiger partial charge in [0.1, 0.15) is 0 Å². The summed E-state index contributed by atoms with van der Waals surface area (Å²) in [4.78, 5) is 0.272. The average molecular weight is 374 g/mol. The first-order valence-corrected chi connectivity index (χ1v) is 8.16. The topological polar surface area (TPSA) is 52.0 Å². The van der Waals surface area contributed by atoms with Crippen LogP contribution in [-0.4, -0.2) is 17.6 Å². The molecular formula is C12H11IN2O2S. The molecule has 0 aliphatic heterocycles. The molecule has 3 rings (SSSR count). The first-order valence-electron chi connectivity index (χ1n) is 5.64. The monoisotopic (exact) mass is 374 g/mol. The van der Waals surface area contributed by atoms with Crippen LogP contribution in [0.3, 0.4) is 0 Å². The summed E-state index contributed by atoms with van der Waals surface area (Å²) in [6, 6.07) is 8.56. The number of aromatic nitrogens is 2. The Morgan fingerprint density at radius 3 is 2.44 bits per heavy atom. The van der Waals surface area contributed by atoms with E-state index in [9.17, 15) is 8.42 Å². The molecule has 0 saturated heterocycles. The highest BCUT2D eigenvalue weighted by molar-refractivity contribution is 14.1. The molecule has 1 aliphatic carbocycles. The largest absolute Gasteiger partial charge is 0.282 e. The Hall–Kier alpha value is -0.890. The van der Waals surface area contributed by atoms with Crippen LogP contribution in [0.5, 0.6) is 0 Å². The van der Waals surface area contributed by atoms with Gasteiger partial charge in [0.15, 0.2) is 0 Å². The van der Waals surface area contributed by atoms with Crippen molar-refractivity contribution < 1.29 is 8.42 Å². The molecule has 0 amide bonds. The SMILES string of the molecule is O=S(=O)(c1ccc(I)cc1)n1ccc(C2CC2)n1. The summed E-state index contributed by atoms with van der Waals surface area (Å²) >= 11 is 2.14. The highest BCUT2D eigenvalue weighted by Gasteiger charge is 2.27. The maximum absolute atomic E-state index is 12.3. The van der Waals surface area contributed by atoms with Crippen LogP contribution in [0.25, 0.3) is 0 Å². The fourth-order valence-corrected chi connectivity index (χ4v) is 3.24. The van der Waals surface area contributed by atoms with Gasteiger partial charge in [-0.15, -0.1) is 0 Å². The summed E-state index contributed by atoms with van der Waals surface area (Å²) in [6.07, 6.45) is 3.75. The van der Waals surface area contributed by atoms with Crippen molar-refractivity contribution in [1.29, 1.82) is 0 Å². The molecule has 1 fully saturated rings. The van der Waals surface area contributed by atoms with Gasteiger partial charge in [-0.2, -0.15) is 17.6 Å².